The summed E-state index contributed by atoms with van der Waals surface area (Å²) >= 11 is 0. The van der Waals surface area contributed by atoms with Gasteiger partial charge in [-0.1, -0.05) is 72.8 Å². The minimum absolute atomic E-state index is 0.884. The second-order valence-corrected chi connectivity index (χ2v) is 5.98. The van der Waals surface area contributed by atoms with Gasteiger partial charge in [0.1, 0.15) is 0 Å². The second kappa shape index (κ2) is 9.99. The lowest BCUT2D eigenvalue weighted by atomic mass is 10.2. The topological polar surface area (TPSA) is 31.2 Å². The molecule has 132 valence electrons. The Kier molecular flexibility index (Phi) is 6.79. The van der Waals surface area contributed by atoms with Crippen molar-refractivity contribution in [3.63, 3.8) is 0 Å². The molecule has 1 heterocycles. The van der Waals surface area contributed by atoms with Crippen molar-refractivity contribution >= 4 is 24.6 Å². The highest BCUT2D eigenvalue weighted by molar-refractivity contribution is 5.78. The van der Waals surface area contributed by atoms with Gasteiger partial charge < -0.3 is 0 Å². The van der Waals surface area contributed by atoms with Crippen molar-refractivity contribution in [2.45, 2.75) is 0 Å². The third-order valence-electron chi connectivity index (χ3n) is 4.04. The first-order valence-electron chi connectivity index (χ1n) is 8.91. The zero-order valence-corrected chi connectivity index (χ0v) is 14.9. The molecule has 0 amide bonds. The lowest BCUT2D eigenvalue weighted by Crippen LogP contribution is -2.41. The van der Waals surface area contributed by atoms with Crippen LogP contribution < -0.4 is 0 Å². The van der Waals surface area contributed by atoms with Crippen molar-refractivity contribution in [2.24, 2.45) is 10.2 Å². The van der Waals surface area contributed by atoms with Gasteiger partial charge in [0.05, 0.1) is 26.2 Å². The number of nitrogens with zero attached hydrogens (tertiary/aromatic N) is 4. The maximum Gasteiger partial charge on any atom is 0.0553 e. The minimum atomic E-state index is 0.884. The molecule has 26 heavy (non-hydrogen) atoms. The van der Waals surface area contributed by atoms with Crippen LogP contribution in [0.15, 0.2) is 83.0 Å². The van der Waals surface area contributed by atoms with Crippen molar-refractivity contribution in [3.8, 4) is 0 Å². The van der Waals surface area contributed by atoms with Crippen LogP contribution in [0.1, 0.15) is 11.1 Å². The maximum absolute atomic E-state index is 4.50. The number of hydrogen-bond donors (Lipinski definition) is 0. The van der Waals surface area contributed by atoms with Gasteiger partial charge in [0.15, 0.2) is 0 Å². The summed E-state index contributed by atoms with van der Waals surface area (Å²) in [6.45, 7) is 3.54. The van der Waals surface area contributed by atoms with Crippen molar-refractivity contribution < 1.29 is 0 Å². The number of benzene rings is 2. The molecule has 2 aromatic rings. The first-order valence-corrected chi connectivity index (χ1v) is 8.91. The molecule has 0 radical (unpaired) electrons. The lowest BCUT2D eigenvalue weighted by Gasteiger charge is -2.30. The van der Waals surface area contributed by atoms with Crippen molar-refractivity contribution in [3.05, 3.63) is 83.9 Å². The molecule has 0 aromatic heterocycles. The highest BCUT2D eigenvalue weighted by atomic mass is 15.5. The number of piperazine rings is 1. The fraction of sp³-hybridized carbons (Fsp3) is 0.182. The molecule has 1 saturated heterocycles. The van der Waals surface area contributed by atoms with Crippen molar-refractivity contribution in [1.29, 1.82) is 0 Å². The largest absolute Gasteiger partial charge is 0.293 e. The molecular formula is C22H24N4. The van der Waals surface area contributed by atoms with Crippen LogP contribution in [-0.2, 0) is 0 Å². The Morgan fingerprint density at radius 1 is 0.577 bits per heavy atom. The molecule has 0 atom stereocenters. The standard InChI is InChI=1S/C22H24N4/c1-3-9-21(10-4-1)13-7-15-23-25-17-19-26(20-18-25)24-16-8-14-22-11-5-2-6-12-22/h1-16H,17-20H2/b13-7-,14-8+,23-15+,24-16-. The van der Waals surface area contributed by atoms with Crippen LogP contribution >= 0.6 is 0 Å². The summed E-state index contributed by atoms with van der Waals surface area (Å²) in [4.78, 5) is 0. The number of hydrazone groups is 2. The average Bonchev–Trinajstić information content (AvgIpc) is 2.71. The summed E-state index contributed by atoms with van der Waals surface area (Å²) in [5.41, 5.74) is 2.36. The summed E-state index contributed by atoms with van der Waals surface area (Å²) in [6, 6.07) is 20.5. The first-order chi connectivity index (χ1) is 12.9. The Hall–Kier alpha value is -3.14. The van der Waals surface area contributed by atoms with Crippen LogP contribution in [0.2, 0.25) is 0 Å². The first kappa shape index (κ1) is 17.7. The van der Waals surface area contributed by atoms with E-state index in [0.29, 0.717) is 0 Å². The fourth-order valence-electron chi connectivity index (χ4n) is 2.62. The van der Waals surface area contributed by atoms with Crippen LogP contribution in [0.4, 0.5) is 0 Å². The van der Waals surface area contributed by atoms with Crippen molar-refractivity contribution in [2.75, 3.05) is 26.2 Å². The van der Waals surface area contributed by atoms with Gasteiger partial charge in [-0.25, -0.2) is 0 Å². The molecule has 0 aliphatic carbocycles. The predicted molar refractivity (Wildman–Crippen MR) is 111 cm³/mol. The van der Waals surface area contributed by atoms with Crippen LogP contribution in [-0.4, -0.2) is 48.6 Å². The van der Waals surface area contributed by atoms with Gasteiger partial charge in [0, 0.05) is 12.4 Å². The Balaban J connectivity index is 1.38. The number of allylic oxidation sites excluding steroid dienone is 2. The molecular weight excluding hydrogens is 320 g/mol. The molecule has 1 aliphatic rings. The van der Waals surface area contributed by atoms with Crippen molar-refractivity contribution in [1.82, 2.24) is 10.0 Å². The summed E-state index contributed by atoms with van der Waals surface area (Å²) in [7, 11) is 0. The molecule has 1 fully saturated rings. The van der Waals surface area contributed by atoms with Crippen LogP contribution in [0, 0.1) is 0 Å². The summed E-state index contributed by atoms with van der Waals surface area (Å²) in [6.07, 6.45) is 11.8. The summed E-state index contributed by atoms with van der Waals surface area (Å²) in [5, 5.41) is 13.2. The van der Waals surface area contributed by atoms with Crippen LogP contribution in [0.25, 0.3) is 12.2 Å². The van der Waals surface area contributed by atoms with E-state index >= 15 is 0 Å². The summed E-state index contributed by atoms with van der Waals surface area (Å²) < 4.78 is 0. The SMILES string of the molecule is C(=C/c1ccccc1)/C=N/N1CCN(/N=C\C=C\c2ccccc2)CC1. The van der Waals surface area contributed by atoms with E-state index in [-0.39, 0.29) is 0 Å². The highest BCUT2D eigenvalue weighted by Crippen LogP contribution is 2.04. The van der Waals surface area contributed by atoms with E-state index in [9.17, 15) is 0 Å². The van der Waals surface area contributed by atoms with Gasteiger partial charge >= 0.3 is 0 Å². The highest BCUT2D eigenvalue weighted by Gasteiger charge is 2.12. The zero-order chi connectivity index (χ0) is 17.9. The molecule has 4 nitrogen and oxygen atoms in total. The third-order valence-corrected chi connectivity index (χ3v) is 4.04. The van der Waals surface area contributed by atoms with Gasteiger partial charge in [-0.15, -0.1) is 0 Å². The second-order valence-electron chi connectivity index (χ2n) is 5.98. The molecule has 3 rings (SSSR count). The summed E-state index contributed by atoms with van der Waals surface area (Å²) in [5.74, 6) is 0. The molecule has 0 bridgehead atoms. The molecule has 1 aliphatic heterocycles. The van der Waals surface area contributed by atoms with Crippen LogP contribution in [0.5, 0.6) is 0 Å². The quantitative estimate of drug-likeness (QED) is 0.742. The van der Waals surface area contributed by atoms with E-state index in [1.54, 1.807) is 0 Å². The monoisotopic (exact) mass is 344 g/mol. The Labute approximate surface area is 155 Å². The molecule has 4 heteroatoms. The van der Waals surface area contributed by atoms with E-state index in [1.165, 1.54) is 11.1 Å². The minimum Gasteiger partial charge on any atom is -0.293 e. The Morgan fingerprint density at radius 2 is 0.962 bits per heavy atom. The molecule has 0 spiro atoms. The smallest absolute Gasteiger partial charge is 0.0553 e. The Bertz CT molecular complexity index is 688. The molecule has 0 N–H and O–H groups in total. The normalized spacial score (nSPS) is 15.8. The van der Waals surface area contributed by atoms with E-state index in [0.717, 1.165) is 26.2 Å². The average molecular weight is 344 g/mol. The third kappa shape index (κ3) is 6.06. The maximum atomic E-state index is 4.50. The fourth-order valence-corrected chi connectivity index (χ4v) is 2.62. The van der Waals surface area contributed by atoms with Gasteiger partial charge in [-0.2, -0.15) is 10.2 Å². The van der Waals surface area contributed by atoms with E-state index in [1.807, 2.05) is 61.0 Å². The zero-order valence-electron chi connectivity index (χ0n) is 14.9. The van der Waals surface area contributed by atoms with Gasteiger partial charge in [-0.3, -0.25) is 10.0 Å². The molecule has 2 aromatic carbocycles. The van der Waals surface area contributed by atoms with Gasteiger partial charge in [0.2, 0.25) is 0 Å². The molecule has 0 saturated carbocycles. The van der Waals surface area contributed by atoms with E-state index in [4.69, 9.17) is 0 Å². The number of hydrogen-bond acceptors (Lipinski definition) is 4. The molecule has 0 unspecified atom stereocenters. The van der Waals surface area contributed by atoms with E-state index in [2.05, 4.69) is 56.6 Å². The van der Waals surface area contributed by atoms with Gasteiger partial charge in [0.25, 0.3) is 0 Å². The Morgan fingerprint density at radius 3 is 1.35 bits per heavy atom. The van der Waals surface area contributed by atoms with Crippen LogP contribution in [0.3, 0.4) is 0 Å². The predicted octanol–water partition coefficient (Wildman–Crippen LogP) is 4.00. The number of rotatable bonds is 6. The lowest BCUT2D eigenvalue weighted by molar-refractivity contribution is 0.141. The van der Waals surface area contributed by atoms with E-state index < -0.39 is 0 Å². The van der Waals surface area contributed by atoms with Gasteiger partial charge in [-0.05, 0) is 23.3 Å².